The molecule has 7 heteroatoms. The summed E-state index contributed by atoms with van der Waals surface area (Å²) in [5.41, 5.74) is 3.90. The minimum Gasteiger partial charge on any atom is -0.336 e. The van der Waals surface area contributed by atoms with Gasteiger partial charge in [0.2, 0.25) is 11.8 Å². The molecule has 1 aromatic carbocycles. The molecule has 26 heavy (non-hydrogen) atoms. The predicted molar refractivity (Wildman–Crippen MR) is 95.9 cm³/mol. The van der Waals surface area contributed by atoms with Crippen LogP contribution >= 0.6 is 0 Å². The van der Waals surface area contributed by atoms with E-state index >= 15 is 0 Å². The number of aromatic nitrogens is 2. The molecule has 0 unspecified atom stereocenters. The lowest BCUT2D eigenvalue weighted by molar-refractivity contribution is -0.134. The second-order valence-corrected chi connectivity index (χ2v) is 6.98. The summed E-state index contributed by atoms with van der Waals surface area (Å²) in [5, 5.41) is 2.85. The maximum Gasteiger partial charge on any atom is 0.254 e. The van der Waals surface area contributed by atoms with Crippen LogP contribution in [-0.2, 0) is 22.6 Å². The molecule has 0 fully saturated rings. The number of anilines is 1. The molecule has 2 N–H and O–H groups in total. The van der Waals surface area contributed by atoms with Gasteiger partial charge in [-0.05, 0) is 31.9 Å². The maximum absolute atomic E-state index is 12.8. The Hall–Kier alpha value is -2.96. The van der Waals surface area contributed by atoms with E-state index in [-0.39, 0.29) is 23.8 Å². The standard InChI is InChI=1S/C19H20N4O3/c1-10-3-4-15-13(7-10)14(19(26)22-15)8-17(24)23-6-5-12-16(9-23)20-11(2)21-18(12)25/h3-4,7,14H,5-6,8-9H2,1-2H3,(H,22,26)(H,20,21,25)/t14-/m1/s1. The molecule has 3 heterocycles. The van der Waals surface area contributed by atoms with E-state index in [1.54, 1.807) is 11.8 Å². The van der Waals surface area contributed by atoms with Crippen LogP contribution in [0.3, 0.4) is 0 Å². The fourth-order valence-corrected chi connectivity index (χ4v) is 3.73. The Bertz CT molecular complexity index is 979. The van der Waals surface area contributed by atoms with E-state index in [0.29, 0.717) is 36.6 Å². The first-order valence-corrected chi connectivity index (χ1v) is 8.70. The summed E-state index contributed by atoms with van der Waals surface area (Å²) in [6.07, 6.45) is 0.607. The summed E-state index contributed by atoms with van der Waals surface area (Å²) in [4.78, 5) is 45.9. The van der Waals surface area contributed by atoms with Gasteiger partial charge in [-0.1, -0.05) is 17.7 Å². The van der Waals surface area contributed by atoms with Crippen LogP contribution in [0.4, 0.5) is 5.69 Å². The first-order valence-electron chi connectivity index (χ1n) is 8.70. The summed E-state index contributed by atoms with van der Waals surface area (Å²) in [7, 11) is 0. The van der Waals surface area contributed by atoms with Gasteiger partial charge in [-0.3, -0.25) is 14.4 Å². The minimum atomic E-state index is -0.465. The third-order valence-electron chi connectivity index (χ3n) is 5.08. The zero-order valence-electron chi connectivity index (χ0n) is 14.8. The molecule has 2 aliphatic rings. The van der Waals surface area contributed by atoms with Gasteiger partial charge < -0.3 is 15.2 Å². The van der Waals surface area contributed by atoms with Crippen molar-refractivity contribution < 1.29 is 9.59 Å². The zero-order chi connectivity index (χ0) is 18.4. The van der Waals surface area contributed by atoms with Crippen LogP contribution in [0, 0.1) is 13.8 Å². The number of hydrogen-bond donors (Lipinski definition) is 2. The van der Waals surface area contributed by atoms with Gasteiger partial charge in [-0.2, -0.15) is 0 Å². The Morgan fingerprint density at radius 1 is 1.31 bits per heavy atom. The van der Waals surface area contributed by atoms with E-state index in [2.05, 4.69) is 15.3 Å². The van der Waals surface area contributed by atoms with E-state index in [4.69, 9.17) is 0 Å². The van der Waals surface area contributed by atoms with Gasteiger partial charge in [0.05, 0.1) is 18.2 Å². The molecular formula is C19H20N4O3. The molecule has 2 aliphatic heterocycles. The molecule has 2 aromatic rings. The van der Waals surface area contributed by atoms with Crippen LogP contribution in [0.1, 0.15) is 40.5 Å². The molecule has 0 aliphatic carbocycles. The molecule has 0 radical (unpaired) electrons. The lowest BCUT2D eigenvalue weighted by Crippen LogP contribution is -2.40. The maximum atomic E-state index is 12.8. The van der Waals surface area contributed by atoms with Gasteiger partial charge in [0, 0.05) is 24.2 Å². The number of nitrogens with one attached hydrogen (secondary N) is 2. The zero-order valence-corrected chi connectivity index (χ0v) is 14.8. The van der Waals surface area contributed by atoms with Crippen molar-refractivity contribution in [1.29, 1.82) is 0 Å². The molecule has 0 saturated carbocycles. The van der Waals surface area contributed by atoms with Crippen molar-refractivity contribution >= 4 is 17.5 Å². The number of carbonyl (C=O) groups excluding carboxylic acids is 2. The molecule has 1 atom stereocenters. The molecule has 0 bridgehead atoms. The third-order valence-corrected chi connectivity index (χ3v) is 5.08. The van der Waals surface area contributed by atoms with E-state index in [1.165, 1.54) is 0 Å². The first kappa shape index (κ1) is 16.5. The normalized spacial score (nSPS) is 18.3. The van der Waals surface area contributed by atoms with E-state index < -0.39 is 5.92 Å². The minimum absolute atomic E-state index is 0.0927. The van der Waals surface area contributed by atoms with Crippen LogP contribution in [-0.4, -0.2) is 33.2 Å². The van der Waals surface area contributed by atoms with Crippen molar-refractivity contribution in [3.63, 3.8) is 0 Å². The number of H-pyrrole nitrogens is 1. The number of carbonyl (C=O) groups is 2. The average Bonchev–Trinajstić information content (AvgIpc) is 2.89. The Labute approximate surface area is 150 Å². The lowest BCUT2D eigenvalue weighted by atomic mass is 9.94. The Morgan fingerprint density at radius 2 is 2.12 bits per heavy atom. The van der Waals surface area contributed by atoms with Crippen molar-refractivity contribution in [2.24, 2.45) is 0 Å². The van der Waals surface area contributed by atoms with Crippen LogP contribution in [0.5, 0.6) is 0 Å². The van der Waals surface area contributed by atoms with E-state index in [1.807, 2.05) is 25.1 Å². The van der Waals surface area contributed by atoms with Crippen molar-refractivity contribution in [2.75, 3.05) is 11.9 Å². The van der Waals surface area contributed by atoms with E-state index in [0.717, 1.165) is 16.8 Å². The SMILES string of the molecule is Cc1ccc2c(c1)[C@@H](CC(=O)N1CCc3c(nc(C)[nH]c3=O)C1)C(=O)N2. The second kappa shape index (κ2) is 6.09. The number of fused-ring (bicyclic) bond motifs is 2. The number of rotatable bonds is 2. The van der Waals surface area contributed by atoms with Crippen molar-refractivity contribution in [3.05, 3.63) is 56.8 Å². The molecule has 0 saturated heterocycles. The monoisotopic (exact) mass is 352 g/mol. The largest absolute Gasteiger partial charge is 0.336 e. The average molecular weight is 352 g/mol. The Kier molecular flexibility index (Phi) is 3.86. The molecule has 7 nitrogen and oxygen atoms in total. The van der Waals surface area contributed by atoms with Gasteiger partial charge in [0.15, 0.2) is 0 Å². The predicted octanol–water partition coefficient (Wildman–Crippen LogP) is 1.40. The molecule has 1 aromatic heterocycles. The number of nitrogens with zero attached hydrogens (tertiary/aromatic N) is 2. The van der Waals surface area contributed by atoms with Gasteiger partial charge in [0.1, 0.15) is 5.82 Å². The van der Waals surface area contributed by atoms with Gasteiger partial charge in [0.25, 0.3) is 5.56 Å². The molecular weight excluding hydrogens is 332 g/mol. The highest BCUT2D eigenvalue weighted by Crippen LogP contribution is 2.35. The number of amides is 2. The van der Waals surface area contributed by atoms with Crippen LogP contribution < -0.4 is 10.9 Å². The van der Waals surface area contributed by atoms with Gasteiger partial charge in [-0.15, -0.1) is 0 Å². The van der Waals surface area contributed by atoms with Crippen molar-refractivity contribution in [3.8, 4) is 0 Å². The summed E-state index contributed by atoms with van der Waals surface area (Å²) < 4.78 is 0. The second-order valence-electron chi connectivity index (χ2n) is 6.98. The highest BCUT2D eigenvalue weighted by molar-refractivity contribution is 6.05. The Morgan fingerprint density at radius 3 is 2.92 bits per heavy atom. The quantitative estimate of drug-likeness (QED) is 0.854. The smallest absolute Gasteiger partial charge is 0.254 e. The van der Waals surface area contributed by atoms with Crippen LogP contribution in [0.15, 0.2) is 23.0 Å². The summed E-state index contributed by atoms with van der Waals surface area (Å²) in [5.74, 6) is -0.151. The lowest BCUT2D eigenvalue weighted by Gasteiger charge is -2.28. The summed E-state index contributed by atoms with van der Waals surface area (Å²) in [6.45, 7) is 4.47. The summed E-state index contributed by atoms with van der Waals surface area (Å²) >= 11 is 0. The fraction of sp³-hybridized carbons (Fsp3) is 0.368. The molecule has 4 rings (SSSR count). The number of aromatic amines is 1. The molecule has 134 valence electrons. The first-order chi connectivity index (χ1) is 12.4. The van der Waals surface area contributed by atoms with Crippen molar-refractivity contribution in [2.45, 2.75) is 39.2 Å². The Balaban J connectivity index is 1.54. The topological polar surface area (TPSA) is 95.2 Å². The van der Waals surface area contributed by atoms with Gasteiger partial charge in [-0.25, -0.2) is 4.98 Å². The van der Waals surface area contributed by atoms with Crippen LogP contribution in [0.2, 0.25) is 0 Å². The highest BCUT2D eigenvalue weighted by atomic mass is 16.2. The number of aryl methyl sites for hydroxylation is 2. The van der Waals surface area contributed by atoms with Gasteiger partial charge >= 0.3 is 0 Å². The highest BCUT2D eigenvalue weighted by Gasteiger charge is 2.34. The third kappa shape index (κ3) is 2.79. The van der Waals surface area contributed by atoms with E-state index in [9.17, 15) is 14.4 Å². The molecule has 0 spiro atoms. The fourth-order valence-electron chi connectivity index (χ4n) is 3.73. The number of hydrogen-bond acceptors (Lipinski definition) is 4. The summed E-state index contributed by atoms with van der Waals surface area (Å²) in [6, 6.07) is 5.78. The molecule has 2 amide bonds. The van der Waals surface area contributed by atoms with Crippen molar-refractivity contribution in [1.82, 2.24) is 14.9 Å². The number of benzene rings is 1. The van der Waals surface area contributed by atoms with Crippen LogP contribution in [0.25, 0.3) is 0 Å².